The molecule has 1 aliphatic rings. The number of rotatable bonds is 3. The van der Waals surface area contributed by atoms with E-state index in [0.717, 1.165) is 18.5 Å². The second-order valence-corrected chi connectivity index (χ2v) is 5.63. The van der Waals surface area contributed by atoms with Crippen molar-refractivity contribution in [1.29, 1.82) is 0 Å². The van der Waals surface area contributed by atoms with E-state index >= 15 is 0 Å². The zero-order valence-corrected chi connectivity index (χ0v) is 11.6. The molecule has 2 rings (SSSR count). The summed E-state index contributed by atoms with van der Waals surface area (Å²) in [6.07, 6.45) is 4.73. The zero-order valence-electron chi connectivity index (χ0n) is 10.1. The lowest BCUT2D eigenvalue weighted by Crippen LogP contribution is -2.36. The molecule has 4 N–H and O–H groups in total. The topological polar surface area (TPSA) is 58.3 Å². The van der Waals surface area contributed by atoms with E-state index in [4.69, 9.17) is 28.9 Å². The Bertz CT molecular complexity index is 402. The van der Waals surface area contributed by atoms with Crippen LogP contribution in [-0.4, -0.2) is 17.7 Å². The van der Waals surface area contributed by atoms with Crippen LogP contribution in [0.1, 0.15) is 25.7 Å². The van der Waals surface area contributed by atoms with Crippen molar-refractivity contribution in [3.05, 3.63) is 22.2 Å². The standard InChI is InChI=1S/C13H18Cl2N2O/c14-10-5-9(6-11(15)13(10)18)17-12-4-2-1-3-8(12)7-16/h5-6,8,12,17-18H,1-4,7,16H2. The minimum Gasteiger partial charge on any atom is -0.505 e. The fourth-order valence-corrected chi connectivity index (χ4v) is 3.03. The molecule has 18 heavy (non-hydrogen) atoms. The first-order valence-electron chi connectivity index (χ1n) is 6.26. The van der Waals surface area contributed by atoms with Gasteiger partial charge in [-0.3, -0.25) is 0 Å². The van der Waals surface area contributed by atoms with E-state index in [1.165, 1.54) is 12.8 Å². The van der Waals surface area contributed by atoms with Crippen molar-refractivity contribution in [1.82, 2.24) is 0 Å². The van der Waals surface area contributed by atoms with Gasteiger partial charge in [0.15, 0.2) is 5.75 Å². The molecule has 5 heteroatoms. The van der Waals surface area contributed by atoms with Crippen LogP contribution in [0.4, 0.5) is 5.69 Å². The third kappa shape index (κ3) is 3.02. The number of nitrogens with two attached hydrogens (primary N) is 1. The molecular formula is C13H18Cl2N2O. The van der Waals surface area contributed by atoms with Crippen molar-refractivity contribution < 1.29 is 5.11 Å². The maximum atomic E-state index is 9.52. The highest BCUT2D eigenvalue weighted by Crippen LogP contribution is 2.36. The maximum absolute atomic E-state index is 9.52. The smallest absolute Gasteiger partial charge is 0.152 e. The van der Waals surface area contributed by atoms with Gasteiger partial charge in [-0.1, -0.05) is 36.0 Å². The first-order chi connectivity index (χ1) is 8.61. The molecule has 0 bridgehead atoms. The number of phenolic OH excluding ortho intramolecular Hbond substituents is 1. The summed E-state index contributed by atoms with van der Waals surface area (Å²) >= 11 is 11.8. The van der Waals surface area contributed by atoms with Gasteiger partial charge in [-0.25, -0.2) is 0 Å². The lowest BCUT2D eigenvalue weighted by Gasteiger charge is -2.32. The van der Waals surface area contributed by atoms with Gasteiger partial charge >= 0.3 is 0 Å². The molecule has 0 heterocycles. The molecule has 1 fully saturated rings. The molecule has 0 aromatic heterocycles. The van der Waals surface area contributed by atoms with Crippen molar-refractivity contribution in [2.45, 2.75) is 31.7 Å². The van der Waals surface area contributed by atoms with Gasteiger partial charge in [0.1, 0.15) is 0 Å². The molecule has 0 radical (unpaired) electrons. The minimum absolute atomic E-state index is 0.0668. The molecule has 0 saturated heterocycles. The van der Waals surface area contributed by atoms with E-state index in [-0.39, 0.29) is 15.8 Å². The summed E-state index contributed by atoms with van der Waals surface area (Å²) in [5, 5.41) is 13.5. The Morgan fingerprint density at radius 3 is 2.44 bits per heavy atom. The van der Waals surface area contributed by atoms with Gasteiger partial charge in [0.2, 0.25) is 0 Å². The molecular weight excluding hydrogens is 271 g/mol. The van der Waals surface area contributed by atoms with Gasteiger partial charge in [-0.05, 0) is 37.4 Å². The lowest BCUT2D eigenvalue weighted by atomic mass is 9.84. The second kappa shape index (κ2) is 6.00. The number of phenols is 1. The molecule has 1 aromatic carbocycles. The van der Waals surface area contributed by atoms with Gasteiger partial charge in [-0.15, -0.1) is 0 Å². The number of benzene rings is 1. The van der Waals surface area contributed by atoms with Crippen LogP contribution in [-0.2, 0) is 0 Å². The van der Waals surface area contributed by atoms with Gasteiger partial charge in [-0.2, -0.15) is 0 Å². The van der Waals surface area contributed by atoms with E-state index in [2.05, 4.69) is 5.32 Å². The molecule has 0 spiro atoms. The third-order valence-corrected chi connectivity index (χ3v) is 4.16. The Labute approximate surface area is 117 Å². The third-order valence-electron chi connectivity index (χ3n) is 3.58. The van der Waals surface area contributed by atoms with E-state index in [1.54, 1.807) is 12.1 Å². The first-order valence-corrected chi connectivity index (χ1v) is 7.02. The Morgan fingerprint density at radius 2 is 1.83 bits per heavy atom. The number of hydrogen-bond donors (Lipinski definition) is 3. The average Bonchev–Trinajstić information content (AvgIpc) is 2.36. The van der Waals surface area contributed by atoms with Crippen LogP contribution in [0.5, 0.6) is 5.75 Å². The van der Waals surface area contributed by atoms with Crippen molar-refractivity contribution in [3.8, 4) is 5.75 Å². The fraction of sp³-hybridized carbons (Fsp3) is 0.538. The summed E-state index contributed by atoms with van der Waals surface area (Å²) in [4.78, 5) is 0. The van der Waals surface area contributed by atoms with Gasteiger partial charge < -0.3 is 16.2 Å². The van der Waals surface area contributed by atoms with E-state index < -0.39 is 0 Å². The van der Waals surface area contributed by atoms with Gasteiger partial charge in [0.05, 0.1) is 10.0 Å². The summed E-state index contributed by atoms with van der Waals surface area (Å²) in [6, 6.07) is 3.76. The van der Waals surface area contributed by atoms with Crippen LogP contribution in [0.2, 0.25) is 10.0 Å². The van der Waals surface area contributed by atoms with Crippen molar-refractivity contribution in [2.24, 2.45) is 11.7 Å². The Hall–Kier alpha value is -0.640. The number of hydrogen-bond acceptors (Lipinski definition) is 3. The SMILES string of the molecule is NCC1CCCCC1Nc1cc(Cl)c(O)c(Cl)c1. The maximum Gasteiger partial charge on any atom is 0.152 e. The zero-order chi connectivity index (χ0) is 13.1. The summed E-state index contributed by atoms with van der Waals surface area (Å²) in [7, 11) is 0. The predicted octanol–water partition coefficient (Wildman–Crippen LogP) is 3.63. The largest absolute Gasteiger partial charge is 0.505 e. The second-order valence-electron chi connectivity index (χ2n) is 4.82. The molecule has 0 amide bonds. The van der Waals surface area contributed by atoms with Crippen LogP contribution < -0.4 is 11.1 Å². The molecule has 1 saturated carbocycles. The lowest BCUT2D eigenvalue weighted by molar-refractivity contribution is 0.332. The number of aromatic hydroxyl groups is 1. The Balaban J connectivity index is 2.13. The number of halogens is 2. The molecule has 2 unspecified atom stereocenters. The number of nitrogens with one attached hydrogen (secondary N) is 1. The quantitative estimate of drug-likeness (QED) is 0.745. The van der Waals surface area contributed by atoms with Crippen LogP contribution in [0.25, 0.3) is 0 Å². The highest BCUT2D eigenvalue weighted by atomic mass is 35.5. The summed E-state index contributed by atoms with van der Waals surface area (Å²) in [5.41, 5.74) is 6.64. The van der Waals surface area contributed by atoms with Gasteiger partial charge in [0, 0.05) is 11.7 Å². The van der Waals surface area contributed by atoms with Crippen LogP contribution >= 0.6 is 23.2 Å². The summed E-state index contributed by atoms with van der Waals surface area (Å²) in [5.74, 6) is 0.424. The molecule has 1 aromatic rings. The van der Waals surface area contributed by atoms with Crippen molar-refractivity contribution in [3.63, 3.8) is 0 Å². The predicted molar refractivity (Wildman–Crippen MR) is 76.5 cm³/mol. The Morgan fingerprint density at radius 1 is 1.22 bits per heavy atom. The fourth-order valence-electron chi connectivity index (χ4n) is 2.54. The molecule has 2 atom stereocenters. The normalized spacial score (nSPS) is 23.9. The molecule has 1 aliphatic carbocycles. The van der Waals surface area contributed by atoms with Crippen LogP contribution in [0, 0.1) is 5.92 Å². The van der Waals surface area contributed by atoms with Gasteiger partial charge in [0.25, 0.3) is 0 Å². The molecule has 100 valence electrons. The highest BCUT2D eigenvalue weighted by Gasteiger charge is 2.24. The van der Waals surface area contributed by atoms with Crippen LogP contribution in [0.3, 0.4) is 0 Å². The van der Waals surface area contributed by atoms with Crippen LogP contribution in [0.15, 0.2) is 12.1 Å². The summed E-state index contributed by atoms with van der Waals surface area (Å²) in [6.45, 7) is 0.692. The number of anilines is 1. The average molecular weight is 289 g/mol. The highest BCUT2D eigenvalue weighted by molar-refractivity contribution is 6.37. The van der Waals surface area contributed by atoms with E-state index in [1.807, 2.05) is 0 Å². The molecule has 3 nitrogen and oxygen atoms in total. The Kier molecular flexibility index (Phi) is 4.60. The van der Waals surface area contributed by atoms with Crippen molar-refractivity contribution >= 4 is 28.9 Å². The summed E-state index contributed by atoms with van der Waals surface area (Å²) < 4.78 is 0. The van der Waals surface area contributed by atoms with Crippen molar-refractivity contribution in [2.75, 3.05) is 11.9 Å². The van der Waals surface area contributed by atoms with E-state index in [0.29, 0.717) is 18.5 Å². The minimum atomic E-state index is -0.0668. The molecule has 0 aliphatic heterocycles. The first kappa shape index (κ1) is 13.8. The monoisotopic (exact) mass is 288 g/mol. The van der Waals surface area contributed by atoms with E-state index in [9.17, 15) is 5.11 Å².